The van der Waals surface area contributed by atoms with Crippen molar-refractivity contribution < 1.29 is 4.79 Å². The lowest BCUT2D eigenvalue weighted by Gasteiger charge is -2.02. The molecule has 5 nitrogen and oxygen atoms in total. The number of halogens is 1. The molecule has 4 N–H and O–H groups in total. The van der Waals surface area contributed by atoms with E-state index in [4.69, 9.17) is 5.73 Å². The fourth-order valence-electron chi connectivity index (χ4n) is 1.19. The number of nitrogen functional groups attached to an aromatic ring is 1. The van der Waals surface area contributed by atoms with Gasteiger partial charge in [-0.1, -0.05) is 15.9 Å². The fourth-order valence-corrected chi connectivity index (χ4v) is 1.45. The van der Waals surface area contributed by atoms with E-state index >= 15 is 0 Å². The van der Waals surface area contributed by atoms with Crippen molar-refractivity contribution in [2.75, 3.05) is 11.1 Å². The van der Waals surface area contributed by atoms with Gasteiger partial charge in [-0.15, -0.1) is 0 Å². The van der Waals surface area contributed by atoms with Crippen molar-refractivity contribution in [3.05, 3.63) is 40.5 Å². The molecule has 2 aromatic rings. The van der Waals surface area contributed by atoms with E-state index in [1.807, 2.05) is 12.1 Å². The number of nitrogens with zero attached hydrogens (tertiary/aromatic N) is 1. The normalized spacial score (nSPS) is 10.1. The first-order valence-corrected chi connectivity index (χ1v) is 5.32. The molecule has 0 aliphatic heterocycles. The second kappa shape index (κ2) is 4.36. The third kappa shape index (κ3) is 2.40. The first-order valence-electron chi connectivity index (χ1n) is 4.53. The van der Waals surface area contributed by atoms with Gasteiger partial charge in [-0.3, -0.25) is 9.89 Å². The molecule has 1 aromatic heterocycles. The van der Waals surface area contributed by atoms with Crippen molar-refractivity contribution in [3.63, 3.8) is 0 Å². The zero-order valence-corrected chi connectivity index (χ0v) is 9.78. The molecule has 2 rings (SSSR count). The topological polar surface area (TPSA) is 83.8 Å². The minimum atomic E-state index is -0.272. The highest BCUT2D eigenvalue weighted by atomic mass is 79.9. The third-order valence-electron chi connectivity index (χ3n) is 1.94. The monoisotopic (exact) mass is 280 g/mol. The van der Waals surface area contributed by atoms with Crippen LogP contribution < -0.4 is 11.1 Å². The molecule has 1 aromatic carbocycles. The Labute approximate surface area is 100 Å². The fraction of sp³-hybridized carbons (Fsp3) is 0. The SMILES string of the molecule is Nc1cc(C(=O)Nc2ccc(Br)cc2)[nH]n1. The number of nitrogens with one attached hydrogen (secondary N) is 2. The van der Waals surface area contributed by atoms with Gasteiger partial charge in [0.1, 0.15) is 11.5 Å². The molecular formula is C10H9BrN4O. The number of hydrogen-bond donors (Lipinski definition) is 3. The van der Waals surface area contributed by atoms with Crippen molar-refractivity contribution >= 4 is 33.3 Å². The molecule has 0 fully saturated rings. The van der Waals surface area contributed by atoms with Crippen LogP contribution in [0.3, 0.4) is 0 Å². The minimum absolute atomic E-state index is 0.272. The summed E-state index contributed by atoms with van der Waals surface area (Å²) in [7, 11) is 0. The number of hydrogen-bond acceptors (Lipinski definition) is 3. The van der Waals surface area contributed by atoms with Crippen LogP contribution in [-0.2, 0) is 0 Å². The highest BCUT2D eigenvalue weighted by molar-refractivity contribution is 9.10. The average Bonchev–Trinajstić information content (AvgIpc) is 2.68. The van der Waals surface area contributed by atoms with Crippen molar-refractivity contribution in [3.8, 4) is 0 Å². The van der Waals surface area contributed by atoms with Gasteiger partial charge in [0.15, 0.2) is 0 Å². The van der Waals surface area contributed by atoms with Gasteiger partial charge in [-0.2, -0.15) is 5.10 Å². The number of aromatic nitrogens is 2. The van der Waals surface area contributed by atoms with E-state index in [0.29, 0.717) is 17.2 Å². The van der Waals surface area contributed by atoms with Gasteiger partial charge in [-0.05, 0) is 24.3 Å². The summed E-state index contributed by atoms with van der Waals surface area (Å²) < 4.78 is 0.955. The van der Waals surface area contributed by atoms with Crippen LogP contribution in [-0.4, -0.2) is 16.1 Å². The van der Waals surface area contributed by atoms with Crippen LogP contribution in [0.1, 0.15) is 10.5 Å². The molecule has 0 spiro atoms. The summed E-state index contributed by atoms with van der Waals surface area (Å²) in [5.41, 5.74) is 6.44. The van der Waals surface area contributed by atoms with E-state index in [9.17, 15) is 4.79 Å². The van der Waals surface area contributed by atoms with Crippen molar-refractivity contribution in [1.29, 1.82) is 0 Å². The van der Waals surface area contributed by atoms with E-state index in [2.05, 4.69) is 31.4 Å². The Balaban J connectivity index is 2.10. The highest BCUT2D eigenvalue weighted by Gasteiger charge is 2.08. The molecule has 0 atom stereocenters. The smallest absolute Gasteiger partial charge is 0.273 e. The van der Waals surface area contributed by atoms with E-state index in [1.54, 1.807) is 12.1 Å². The maximum atomic E-state index is 11.7. The highest BCUT2D eigenvalue weighted by Crippen LogP contribution is 2.14. The number of carbonyl (C=O) groups is 1. The number of aromatic amines is 1. The Bertz CT molecular complexity index is 506. The predicted molar refractivity (Wildman–Crippen MR) is 65.1 cm³/mol. The summed E-state index contributed by atoms with van der Waals surface area (Å²) >= 11 is 3.31. The second-order valence-corrected chi connectivity index (χ2v) is 4.08. The van der Waals surface area contributed by atoms with Crippen LogP contribution in [0.15, 0.2) is 34.8 Å². The van der Waals surface area contributed by atoms with Crippen LogP contribution in [0, 0.1) is 0 Å². The van der Waals surface area contributed by atoms with Gasteiger partial charge >= 0.3 is 0 Å². The van der Waals surface area contributed by atoms with Gasteiger partial charge in [0.05, 0.1) is 0 Å². The molecule has 0 aliphatic rings. The zero-order valence-electron chi connectivity index (χ0n) is 8.20. The number of H-pyrrole nitrogens is 1. The van der Waals surface area contributed by atoms with E-state index < -0.39 is 0 Å². The van der Waals surface area contributed by atoms with Gasteiger partial charge in [0.25, 0.3) is 5.91 Å². The Kier molecular flexibility index (Phi) is 2.91. The van der Waals surface area contributed by atoms with Crippen LogP contribution in [0.25, 0.3) is 0 Å². The minimum Gasteiger partial charge on any atom is -0.382 e. The molecule has 0 aliphatic carbocycles. The molecule has 1 heterocycles. The molecule has 0 unspecified atom stereocenters. The predicted octanol–water partition coefficient (Wildman–Crippen LogP) is 2.01. The van der Waals surface area contributed by atoms with Crippen LogP contribution in [0.4, 0.5) is 11.5 Å². The number of benzene rings is 1. The first kappa shape index (κ1) is 10.7. The summed E-state index contributed by atoms with van der Waals surface area (Å²) in [6.07, 6.45) is 0. The summed E-state index contributed by atoms with van der Waals surface area (Å²) in [5, 5.41) is 8.93. The first-order chi connectivity index (χ1) is 7.65. The summed E-state index contributed by atoms with van der Waals surface area (Å²) in [6.45, 7) is 0. The number of anilines is 2. The number of amides is 1. The third-order valence-corrected chi connectivity index (χ3v) is 2.47. The maximum Gasteiger partial charge on any atom is 0.273 e. The summed E-state index contributed by atoms with van der Waals surface area (Å²) in [5.74, 6) is 0.0208. The second-order valence-electron chi connectivity index (χ2n) is 3.17. The maximum absolute atomic E-state index is 11.7. The molecule has 0 saturated heterocycles. The number of rotatable bonds is 2. The van der Waals surface area contributed by atoms with E-state index in [1.165, 1.54) is 6.07 Å². The van der Waals surface area contributed by atoms with E-state index in [0.717, 1.165) is 4.47 Å². The van der Waals surface area contributed by atoms with Crippen molar-refractivity contribution in [1.82, 2.24) is 10.2 Å². The van der Waals surface area contributed by atoms with Gasteiger partial charge in [0.2, 0.25) is 0 Å². The average molecular weight is 281 g/mol. The molecule has 0 saturated carbocycles. The number of nitrogens with two attached hydrogens (primary N) is 1. The van der Waals surface area contributed by atoms with Gasteiger partial charge in [-0.25, -0.2) is 0 Å². The Morgan fingerprint density at radius 1 is 1.38 bits per heavy atom. The van der Waals surface area contributed by atoms with Gasteiger partial charge in [0, 0.05) is 16.2 Å². The van der Waals surface area contributed by atoms with Crippen molar-refractivity contribution in [2.24, 2.45) is 0 Å². The summed E-state index contributed by atoms with van der Waals surface area (Å²) in [6, 6.07) is 8.76. The zero-order chi connectivity index (χ0) is 11.5. The number of carbonyl (C=O) groups excluding carboxylic acids is 1. The Morgan fingerprint density at radius 2 is 2.06 bits per heavy atom. The van der Waals surface area contributed by atoms with Crippen LogP contribution in [0.5, 0.6) is 0 Å². The van der Waals surface area contributed by atoms with Crippen molar-refractivity contribution in [2.45, 2.75) is 0 Å². The summed E-state index contributed by atoms with van der Waals surface area (Å²) in [4.78, 5) is 11.7. The molecule has 0 radical (unpaired) electrons. The quantitative estimate of drug-likeness (QED) is 0.787. The molecule has 1 amide bonds. The van der Waals surface area contributed by atoms with Gasteiger partial charge < -0.3 is 11.1 Å². The lowest BCUT2D eigenvalue weighted by atomic mass is 10.3. The Morgan fingerprint density at radius 3 is 2.62 bits per heavy atom. The molecular weight excluding hydrogens is 272 g/mol. The molecule has 82 valence electrons. The largest absolute Gasteiger partial charge is 0.382 e. The lowest BCUT2D eigenvalue weighted by Crippen LogP contribution is -2.12. The molecule has 16 heavy (non-hydrogen) atoms. The van der Waals surface area contributed by atoms with E-state index in [-0.39, 0.29) is 5.91 Å². The lowest BCUT2D eigenvalue weighted by molar-refractivity contribution is 0.102. The Hall–Kier alpha value is -1.82. The molecule has 0 bridgehead atoms. The van der Waals surface area contributed by atoms with Crippen LogP contribution >= 0.6 is 15.9 Å². The van der Waals surface area contributed by atoms with Crippen LogP contribution in [0.2, 0.25) is 0 Å². The standard InChI is InChI=1S/C10H9BrN4O/c11-6-1-3-7(4-2-6)13-10(16)8-5-9(12)15-14-8/h1-5H,(H,13,16)(H3,12,14,15). The molecule has 6 heteroatoms.